The summed E-state index contributed by atoms with van der Waals surface area (Å²) in [4.78, 5) is 3.97. The number of nitrogens with zero attached hydrogens (tertiary/aromatic N) is 1. The zero-order valence-electron chi connectivity index (χ0n) is 10.5. The van der Waals surface area contributed by atoms with Crippen LogP contribution in [0.5, 0.6) is 0 Å². The second-order valence-corrected chi connectivity index (χ2v) is 6.55. The summed E-state index contributed by atoms with van der Waals surface area (Å²) in [6, 6.07) is 1.84. The van der Waals surface area contributed by atoms with Crippen LogP contribution in [-0.4, -0.2) is 31.7 Å². The molecule has 0 bridgehead atoms. The lowest BCUT2D eigenvalue weighted by molar-refractivity contribution is 0.424. The normalized spacial score (nSPS) is 20.6. The Bertz CT molecular complexity index is 496. The van der Waals surface area contributed by atoms with Crippen LogP contribution >= 0.6 is 0 Å². The molecule has 1 saturated heterocycles. The lowest BCUT2D eigenvalue weighted by Crippen LogP contribution is -2.40. The number of aryl methyl sites for hydroxylation is 1. The first-order valence-electron chi connectivity index (χ1n) is 6.21. The summed E-state index contributed by atoms with van der Waals surface area (Å²) in [6.45, 7) is 2.79. The molecule has 0 aromatic carbocycles. The maximum absolute atomic E-state index is 12.0. The molecule has 2 heterocycles. The Morgan fingerprint density at radius 2 is 2.28 bits per heavy atom. The Balaban J connectivity index is 1.98. The Morgan fingerprint density at radius 3 is 2.94 bits per heavy atom. The molecule has 1 unspecified atom stereocenters. The molecule has 0 saturated carbocycles. The molecule has 0 aliphatic carbocycles. The largest absolute Gasteiger partial charge is 0.313 e. The van der Waals surface area contributed by atoms with Crippen molar-refractivity contribution in [3.63, 3.8) is 0 Å². The summed E-state index contributed by atoms with van der Waals surface area (Å²) in [5, 5.41) is 3.24. The molecule has 2 N–H and O–H groups in total. The SMILES string of the molecule is Cc1cncc(NS(=O)(=O)CC2CCCCN2)c1. The van der Waals surface area contributed by atoms with Gasteiger partial charge in [-0.05, 0) is 37.9 Å². The van der Waals surface area contributed by atoms with Gasteiger partial charge in [0.1, 0.15) is 0 Å². The smallest absolute Gasteiger partial charge is 0.234 e. The molecule has 2 rings (SSSR count). The highest BCUT2D eigenvalue weighted by Crippen LogP contribution is 2.13. The van der Waals surface area contributed by atoms with Crippen molar-refractivity contribution in [2.24, 2.45) is 0 Å². The minimum Gasteiger partial charge on any atom is -0.313 e. The lowest BCUT2D eigenvalue weighted by atomic mass is 10.1. The maximum Gasteiger partial charge on any atom is 0.234 e. The molecule has 1 atom stereocenters. The molecule has 100 valence electrons. The first kappa shape index (κ1) is 13.3. The number of hydrogen-bond donors (Lipinski definition) is 2. The fourth-order valence-electron chi connectivity index (χ4n) is 2.16. The van der Waals surface area contributed by atoms with Crippen molar-refractivity contribution in [2.75, 3.05) is 17.0 Å². The molecule has 0 amide bonds. The summed E-state index contributed by atoms with van der Waals surface area (Å²) in [6.07, 6.45) is 6.37. The predicted octanol–water partition coefficient (Wildman–Crippen LogP) is 1.27. The average molecular weight is 269 g/mol. The average Bonchev–Trinajstić information content (AvgIpc) is 2.28. The molecule has 1 aliphatic rings. The van der Waals surface area contributed by atoms with Crippen LogP contribution in [0.15, 0.2) is 18.5 Å². The molecular formula is C12H19N3O2S. The van der Waals surface area contributed by atoms with Crippen LogP contribution in [0.2, 0.25) is 0 Å². The van der Waals surface area contributed by atoms with E-state index in [-0.39, 0.29) is 11.8 Å². The highest BCUT2D eigenvalue weighted by atomic mass is 32.2. The van der Waals surface area contributed by atoms with Crippen molar-refractivity contribution >= 4 is 15.7 Å². The highest BCUT2D eigenvalue weighted by molar-refractivity contribution is 7.92. The third-order valence-corrected chi connectivity index (χ3v) is 4.37. The first-order chi connectivity index (χ1) is 8.55. The van der Waals surface area contributed by atoms with Gasteiger partial charge in [-0.3, -0.25) is 9.71 Å². The van der Waals surface area contributed by atoms with E-state index in [0.717, 1.165) is 31.4 Å². The van der Waals surface area contributed by atoms with Crippen LogP contribution in [0.1, 0.15) is 24.8 Å². The van der Waals surface area contributed by atoms with E-state index >= 15 is 0 Å². The molecule has 6 heteroatoms. The maximum atomic E-state index is 12.0. The second kappa shape index (κ2) is 5.67. The predicted molar refractivity (Wildman–Crippen MR) is 72.0 cm³/mol. The van der Waals surface area contributed by atoms with Crippen molar-refractivity contribution < 1.29 is 8.42 Å². The Hall–Kier alpha value is -1.14. The minimum atomic E-state index is -3.30. The van der Waals surface area contributed by atoms with Crippen molar-refractivity contribution in [1.82, 2.24) is 10.3 Å². The van der Waals surface area contributed by atoms with Gasteiger partial charge in [0.25, 0.3) is 0 Å². The molecular weight excluding hydrogens is 250 g/mol. The topological polar surface area (TPSA) is 71.1 Å². The van der Waals surface area contributed by atoms with E-state index in [2.05, 4.69) is 15.0 Å². The number of anilines is 1. The van der Waals surface area contributed by atoms with Gasteiger partial charge in [-0.25, -0.2) is 8.42 Å². The summed E-state index contributed by atoms with van der Waals surface area (Å²) < 4.78 is 26.6. The molecule has 5 nitrogen and oxygen atoms in total. The fraction of sp³-hybridized carbons (Fsp3) is 0.583. The Kier molecular flexibility index (Phi) is 4.19. The highest BCUT2D eigenvalue weighted by Gasteiger charge is 2.20. The van der Waals surface area contributed by atoms with Crippen molar-refractivity contribution in [3.8, 4) is 0 Å². The van der Waals surface area contributed by atoms with Crippen molar-refractivity contribution in [3.05, 3.63) is 24.0 Å². The summed E-state index contributed by atoms with van der Waals surface area (Å²) in [7, 11) is -3.30. The van der Waals surface area contributed by atoms with Crippen LogP contribution < -0.4 is 10.0 Å². The van der Waals surface area contributed by atoms with E-state index in [9.17, 15) is 8.42 Å². The van der Waals surface area contributed by atoms with Gasteiger partial charge in [0.05, 0.1) is 17.6 Å². The summed E-state index contributed by atoms with van der Waals surface area (Å²) in [5.74, 6) is 0.126. The van der Waals surface area contributed by atoms with E-state index in [4.69, 9.17) is 0 Å². The number of aromatic nitrogens is 1. The van der Waals surface area contributed by atoms with Crippen molar-refractivity contribution in [1.29, 1.82) is 0 Å². The fourth-order valence-corrected chi connectivity index (χ4v) is 3.53. The zero-order valence-corrected chi connectivity index (χ0v) is 11.3. The van der Waals surface area contributed by atoms with Gasteiger partial charge in [-0.2, -0.15) is 0 Å². The Labute approximate surface area is 108 Å². The number of sulfonamides is 1. The van der Waals surface area contributed by atoms with Crippen LogP contribution in [-0.2, 0) is 10.0 Å². The molecule has 0 radical (unpaired) electrons. The monoisotopic (exact) mass is 269 g/mol. The van der Waals surface area contributed by atoms with Gasteiger partial charge in [-0.15, -0.1) is 0 Å². The van der Waals surface area contributed by atoms with E-state index < -0.39 is 10.0 Å². The third-order valence-electron chi connectivity index (χ3n) is 2.98. The molecule has 1 fully saturated rings. The number of pyridine rings is 1. The van der Waals surface area contributed by atoms with Gasteiger partial charge in [-0.1, -0.05) is 6.42 Å². The number of piperidine rings is 1. The second-order valence-electron chi connectivity index (χ2n) is 4.78. The van der Waals surface area contributed by atoms with Crippen LogP contribution in [0.3, 0.4) is 0 Å². The van der Waals surface area contributed by atoms with E-state index in [1.165, 1.54) is 6.20 Å². The van der Waals surface area contributed by atoms with Crippen molar-refractivity contribution in [2.45, 2.75) is 32.2 Å². The molecule has 1 aliphatic heterocycles. The zero-order chi connectivity index (χ0) is 13.0. The lowest BCUT2D eigenvalue weighted by Gasteiger charge is -2.23. The van der Waals surface area contributed by atoms with Crippen LogP contribution in [0.4, 0.5) is 5.69 Å². The van der Waals surface area contributed by atoms with Crippen LogP contribution in [0, 0.1) is 6.92 Å². The minimum absolute atomic E-state index is 0.0639. The third kappa shape index (κ3) is 3.96. The van der Waals surface area contributed by atoms with Crippen LogP contribution in [0.25, 0.3) is 0 Å². The standard InChI is InChI=1S/C12H19N3O2S/c1-10-6-12(8-13-7-10)15-18(16,17)9-11-4-2-3-5-14-11/h6-8,11,14-15H,2-5,9H2,1H3. The number of nitrogens with one attached hydrogen (secondary N) is 2. The Morgan fingerprint density at radius 1 is 1.44 bits per heavy atom. The molecule has 1 aromatic heterocycles. The van der Waals surface area contributed by atoms with Gasteiger partial charge in [0.15, 0.2) is 0 Å². The molecule has 0 spiro atoms. The summed E-state index contributed by atoms with van der Waals surface area (Å²) >= 11 is 0. The van der Waals surface area contributed by atoms with Gasteiger partial charge >= 0.3 is 0 Å². The number of hydrogen-bond acceptors (Lipinski definition) is 4. The summed E-state index contributed by atoms with van der Waals surface area (Å²) in [5.41, 5.74) is 1.47. The van der Waals surface area contributed by atoms with E-state index in [1.54, 1.807) is 12.3 Å². The van der Waals surface area contributed by atoms with E-state index in [0.29, 0.717) is 5.69 Å². The van der Waals surface area contributed by atoms with E-state index in [1.807, 2.05) is 6.92 Å². The molecule has 1 aromatic rings. The number of rotatable bonds is 4. The van der Waals surface area contributed by atoms with Gasteiger partial charge in [0.2, 0.25) is 10.0 Å². The quantitative estimate of drug-likeness (QED) is 0.863. The van der Waals surface area contributed by atoms with Gasteiger partial charge < -0.3 is 5.32 Å². The van der Waals surface area contributed by atoms with Gasteiger partial charge in [0, 0.05) is 12.2 Å². The first-order valence-corrected chi connectivity index (χ1v) is 7.86. The molecule has 18 heavy (non-hydrogen) atoms.